The summed E-state index contributed by atoms with van der Waals surface area (Å²) >= 11 is 0. The Hall–Kier alpha value is -1.56. The van der Waals surface area contributed by atoms with E-state index < -0.39 is 17.7 Å². The van der Waals surface area contributed by atoms with Crippen molar-refractivity contribution < 1.29 is 22.7 Å². The first-order valence-electron chi connectivity index (χ1n) is 5.88. The second kappa shape index (κ2) is 4.85. The molecule has 2 rings (SSSR count). The van der Waals surface area contributed by atoms with Gasteiger partial charge >= 0.3 is 12.1 Å². The average molecular weight is 273 g/mol. The number of rotatable bonds is 4. The smallest absolute Gasteiger partial charge is 0.406 e. The Morgan fingerprint density at radius 3 is 2.53 bits per heavy atom. The molecule has 0 bridgehead atoms. The fraction of sp³-hybridized carbons (Fsp3) is 0.462. The third-order valence-electron chi connectivity index (χ3n) is 3.33. The van der Waals surface area contributed by atoms with Crippen LogP contribution in [0, 0.1) is 0 Å². The largest absolute Gasteiger partial charge is 0.465 e. The Labute approximate surface area is 108 Å². The van der Waals surface area contributed by atoms with Gasteiger partial charge in [0.1, 0.15) is 5.54 Å². The lowest BCUT2D eigenvalue weighted by Crippen LogP contribution is -2.44. The minimum Gasteiger partial charge on any atom is -0.465 e. The van der Waals surface area contributed by atoms with Crippen molar-refractivity contribution in [2.24, 2.45) is 0 Å². The normalized spacial score (nSPS) is 17.1. The van der Waals surface area contributed by atoms with Crippen molar-refractivity contribution in [3.63, 3.8) is 0 Å². The third-order valence-corrected chi connectivity index (χ3v) is 3.33. The molecule has 1 saturated carbocycles. The fourth-order valence-electron chi connectivity index (χ4n) is 1.93. The minimum atomic E-state index is -4.26. The van der Waals surface area contributed by atoms with Crippen LogP contribution in [0.25, 0.3) is 0 Å². The van der Waals surface area contributed by atoms with Gasteiger partial charge in [0.15, 0.2) is 0 Å². The van der Waals surface area contributed by atoms with E-state index in [-0.39, 0.29) is 24.9 Å². The van der Waals surface area contributed by atoms with Gasteiger partial charge in [-0.15, -0.1) is 0 Å². The summed E-state index contributed by atoms with van der Waals surface area (Å²) in [5.41, 5.74) is -0.990. The number of carbonyl (C=O) groups excluding carboxylic acids is 1. The maximum Gasteiger partial charge on any atom is 0.406 e. The Morgan fingerprint density at radius 1 is 1.37 bits per heavy atom. The summed E-state index contributed by atoms with van der Waals surface area (Å²) in [6.07, 6.45) is -4.10. The molecule has 0 amide bonds. The zero-order valence-corrected chi connectivity index (χ0v) is 10.4. The first-order chi connectivity index (χ1) is 8.89. The van der Waals surface area contributed by atoms with E-state index in [9.17, 15) is 18.0 Å². The molecule has 0 unspecified atom stereocenters. The molecule has 0 atom stereocenters. The molecule has 6 heteroatoms. The molecular formula is C13H14F3NO2. The first-order valence-corrected chi connectivity index (χ1v) is 5.88. The van der Waals surface area contributed by atoms with Crippen LogP contribution in [0.15, 0.2) is 24.3 Å². The van der Waals surface area contributed by atoms with E-state index in [0.717, 1.165) is 0 Å². The average Bonchev–Trinajstić information content (AvgIpc) is 3.16. The van der Waals surface area contributed by atoms with Crippen LogP contribution in [0.5, 0.6) is 0 Å². The van der Waals surface area contributed by atoms with E-state index in [1.165, 1.54) is 13.2 Å². The summed E-state index contributed by atoms with van der Waals surface area (Å²) < 4.78 is 42.9. The maximum atomic E-state index is 12.8. The van der Waals surface area contributed by atoms with Crippen LogP contribution in [-0.4, -0.2) is 24.8 Å². The van der Waals surface area contributed by atoms with Crippen molar-refractivity contribution in [3.05, 3.63) is 35.4 Å². The second-order valence-corrected chi connectivity index (χ2v) is 4.58. The number of hydrogen-bond acceptors (Lipinski definition) is 3. The molecule has 0 heterocycles. The topological polar surface area (TPSA) is 38.3 Å². The van der Waals surface area contributed by atoms with Crippen LogP contribution in [0.2, 0.25) is 0 Å². The van der Waals surface area contributed by atoms with Gasteiger partial charge in [-0.05, 0) is 24.5 Å². The predicted octanol–water partition coefficient (Wildman–Crippen LogP) is 2.66. The summed E-state index contributed by atoms with van der Waals surface area (Å²) in [5.74, 6) is -0.547. The van der Waals surface area contributed by atoms with Gasteiger partial charge in [0.05, 0.1) is 12.7 Å². The number of hydrogen-bond donors (Lipinski definition) is 1. The zero-order chi connectivity index (χ0) is 14.1. The van der Waals surface area contributed by atoms with Crippen molar-refractivity contribution in [1.82, 2.24) is 5.32 Å². The van der Waals surface area contributed by atoms with Gasteiger partial charge < -0.3 is 4.74 Å². The Bertz CT molecular complexity index is 481. The van der Waals surface area contributed by atoms with E-state index in [1.54, 1.807) is 18.2 Å². The number of ether oxygens (including phenoxy) is 1. The SMILES string of the molecule is COC(=O)c1ccccc1CNC1(C(F)(F)F)CC1. The monoisotopic (exact) mass is 273 g/mol. The highest BCUT2D eigenvalue weighted by molar-refractivity contribution is 5.90. The first kappa shape index (κ1) is 13.9. The molecule has 0 radical (unpaired) electrons. The number of carbonyl (C=O) groups is 1. The van der Waals surface area contributed by atoms with Crippen LogP contribution in [0.4, 0.5) is 13.2 Å². The van der Waals surface area contributed by atoms with Crippen LogP contribution in [0.1, 0.15) is 28.8 Å². The predicted molar refractivity (Wildman–Crippen MR) is 62.6 cm³/mol. The molecule has 1 aliphatic rings. The lowest BCUT2D eigenvalue weighted by Gasteiger charge is -2.21. The number of alkyl halides is 3. The van der Waals surface area contributed by atoms with Gasteiger partial charge in [0, 0.05) is 6.54 Å². The van der Waals surface area contributed by atoms with E-state index >= 15 is 0 Å². The number of esters is 1. The molecule has 1 aliphatic carbocycles. The highest BCUT2D eigenvalue weighted by atomic mass is 19.4. The Morgan fingerprint density at radius 2 is 2.00 bits per heavy atom. The van der Waals surface area contributed by atoms with E-state index in [4.69, 9.17) is 0 Å². The molecule has 0 saturated heterocycles. The summed E-state index contributed by atoms with van der Waals surface area (Å²) in [4.78, 5) is 11.5. The summed E-state index contributed by atoms with van der Waals surface area (Å²) in [5, 5.41) is 2.51. The van der Waals surface area contributed by atoms with Crippen molar-refractivity contribution in [1.29, 1.82) is 0 Å². The molecule has 0 aliphatic heterocycles. The van der Waals surface area contributed by atoms with Crippen LogP contribution in [-0.2, 0) is 11.3 Å². The number of halogens is 3. The number of benzene rings is 1. The molecule has 1 aromatic rings. The van der Waals surface area contributed by atoms with Crippen molar-refractivity contribution in [3.8, 4) is 0 Å². The van der Waals surface area contributed by atoms with Gasteiger partial charge in [-0.1, -0.05) is 18.2 Å². The molecule has 1 fully saturated rings. The number of methoxy groups -OCH3 is 1. The van der Waals surface area contributed by atoms with Gasteiger partial charge in [0.25, 0.3) is 0 Å². The van der Waals surface area contributed by atoms with Gasteiger partial charge in [0.2, 0.25) is 0 Å². The van der Waals surface area contributed by atoms with Crippen molar-refractivity contribution in [2.75, 3.05) is 7.11 Å². The highest BCUT2D eigenvalue weighted by Crippen LogP contribution is 2.49. The molecule has 3 nitrogen and oxygen atoms in total. The van der Waals surface area contributed by atoms with Crippen LogP contribution >= 0.6 is 0 Å². The third kappa shape index (κ3) is 2.73. The Kier molecular flexibility index (Phi) is 3.54. The van der Waals surface area contributed by atoms with E-state index in [0.29, 0.717) is 5.56 Å². The lowest BCUT2D eigenvalue weighted by molar-refractivity contribution is -0.166. The molecule has 19 heavy (non-hydrogen) atoms. The quantitative estimate of drug-likeness (QED) is 0.857. The van der Waals surface area contributed by atoms with Gasteiger partial charge in [-0.2, -0.15) is 13.2 Å². The number of nitrogens with one attached hydrogen (secondary N) is 1. The zero-order valence-electron chi connectivity index (χ0n) is 10.4. The van der Waals surface area contributed by atoms with Crippen molar-refractivity contribution in [2.45, 2.75) is 31.1 Å². The van der Waals surface area contributed by atoms with Gasteiger partial charge in [-0.25, -0.2) is 4.79 Å². The Balaban J connectivity index is 2.11. The molecule has 104 valence electrons. The molecule has 1 N–H and O–H groups in total. The molecule has 0 spiro atoms. The standard InChI is InChI=1S/C13H14F3NO2/c1-19-11(18)10-5-3-2-4-9(10)8-17-12(6-7-12)13(14,15)16/h2-5,17H,6-8H2,1H3. The summed E-state index contributed by atoms with van der Waals surface area (Å²) in [6, 6.07) is 6.48. The van der Waals surface area contributed by atoms with E-state index in [2.05, 4.69) is 10.1 Å². The minimum absolute atomic E-state index is 0.00914. The molecule has 1 aromatic carbocycles. The second-order valence-electron chi connectivity index (χ2n) is 4.58. The van der Waals surface area contributed by atoms with E-state index in [1.807, 2.05) is 0 Å². The molecule has 0 aromatic heterocycles. The molecular weight excluding hydrogens is 259 g/mol. The van der Waals surface area contributed by atoms with Crippen LogP contribution in [0.3, 0.4) is 0 Å². The maximum absolute atomic E-state index is 12.8. The summed E-state index contributed by atoms with van der Waals surface area (Å²) in [7, 11) is 1.24. The summed E-state index contributed by atoms with van der Waals surface area (Å²) in [6.45, 7) is -0.00914. The van der Waals surface area contributed by atoms with Crippen molar-refractivity contribution >= 4 is 5.97 Å². The fourth-order valence-corrected chi connectivity index (χ4v) is 1.93. The lowest BCUT2D eigenvalue weighted by atomic mass is 10.1. The highest BCUT2D eigenvalue weighted by Gasteiger charge is 2.62. The van der Waals surface area contributed by atoms with Gasteiger partial charge in [-0.3, -0.25) is 5.32 Å². The van der Waals surface area contributed by atoms with Crippen LogP contribution < -0.4 is 5.32 Å².